The third-order valence-electron chi connectivity index (χ3n) is 3.93. The van der Waals surface area contributed by atoms with E-state index in [-0.39, 0.29) is 0 Å². The van der Waals surface area contributed by atoms with Crippen LogP contribution in [0.1, 0.15) is 53.4 Å². The Morgan fingerprint density at radius 1 is 1.25 bits per heavy atom. The van der Waals surface area contributed by atoms with E-state index in [4.69, 9.17) is 0 Å². The summed E-state index contributed by atoms with van der Waals surface area (Å²) in [6.45, 7) is 10.4. The van der Waals surface area contributed by atoms with Gasteiger partial charge in [0.25, 0.3) is 0 Å². The van der Waals surface area contributed by atoms with E-state index < -0.39 is 0 Å². The summed E-state index contributed by atoms with van der Waals surface area (Å²) in [6, 6.07) is 0.819. The van der Waals surface area contributed by atoms with Crippen molar-refractivity contribution in [3.05, 3.63) is 0 Å². The van der Waals surface area contributed by atoms with Gasteiger partial charge in [-0.05, 0) is 43.4 Å². The Morgan fingerprint density at radius 3 is 2.62 bits per heavy atom. The summed E-state index contributed by atoms with van der Waals surface area (Å²) < 4.78 is 0. The molecule has 0 aromatic heterocycles. The third kappa shape index (κ3) is 4.67. The fourth-order valence-corrected chi connectivity index (χ4v) is 3.71. The first kappa shape index (κ1) is 14.4. The molecule has 0 amide bonds. The first-order valence-corrected chi connectivity index (χ1v) is 8.05. The lowest BCUT2D eigenvalue weighted by Crippen LogP contribution is -2.32. The van der Waals surface area contributed by atoms with Crippen LogP contribution < -0.4 is 5.32 Å². The van der Waals surface area contributed by atoms with Gasteiger partial charge in [-0.3, -0.25) is 0 Å². The Kier molecular flexibility index (Phi) is 6.83. The number of hydrogen-bond donors (Lipinski definition) is 1. The number of thioether (sulfide) groups is 1. The molecule has 1 aliphatic carbocycles. The molecule has 3 unspecified atom stereocenters. The van der Waals surface area contributed by atoms with Crippen molar-refractivity contribution >= 4 is 11.8 Å². The first-order valence-electron chi connectivity index (χ1n) is 7.00. The normalized spacial score (nSPS) is 27.6. The highest BCUT2D eigenvalue weighted by Crippen LogP contribution is 2.30. The quantitative estimate of drug-likeness (QED) is 0.727. The molecule has 1 nitrogen and oxygen atoms in total. The van der Waals surface area contributed by atoms with Gasteiger partial charge in [-0.25, -0.2) is 0 Å². The second kappa shape index (κ2) is 7.60. The van der Waals surface area contributed by atoms with E-state index in [0.717, 1.165) is 29.7 Å². The van der Waals surface area contributed by atoms with E-state index >= 15 is 0 Å². The van der Waals surface area contributed by atoms with Gasteiger partial charge in [-0.15, -0.1) is 0 Å². The molecule has 0 aliphatic heterocycles. The summed E-state index contributed by atoms with van der Waals surface area (Å²) in [6.07, 6.45) is 5.71. The van der Waals surface area contributed by atoms with Crippen LogP contribution in [0.3, 0.4) is 0 Å². The SMILES string of the molecule is CCNC1CCCC1CCSC(C)C(C)C. The summed E-state index contributed by atoms with van der Waals surface area (Å²) in [7, 11) is 0. The minimum atomic E-state index is 0.818. The minimum absolute atomic E-state index is 0.818. The molecule has 0 aromatic rings. The lowest BCUT2D eigenvalue weighted by atomic mass is 10.0. The van der Waals surface area contributed by atoms with Crippen LogP contribution in [0.2, 0.25) is 0 Å². The molecule has 1 rings (SSSR count). The molecule has 1 aliphatic rings. The molecular weight excluding hydrogens is 214 g/mol. The molecule has 0 radical (unpaired) electrons. The van der Waals surface area contributed by atoms with E-state index in [1.54, 1.807) is 0 Å². The topological polar surface area (TPSA) is 12.0 Å². The summed E-state index contributed by atoms with van der Waals surface area (Å²) in [5, 5.41) is 4.46. The maximum Gasteiger partial charge on any atom is 0.00955 e. The standard InChI is InChI=1S/C14H29NS/c1-5-15-14-8-6-7-13(14)9-10-16-12(4)11(2)3/h11-15H,5-10H2,1-4H3. The lowest BCUT2D eigenvalue weighted by Gasteiger charge is -2.21. The van der Waals surface area contributed by atoms with E-state index in [2.05, 4.69) is 44.8 Å². The highest BCUT2D eigenvalue weighted by atomic mass is 32.2. The van der Waals surface area contributed by atoms with Crippen LogP contribution in [0.4, 0.5) is 0 Å². The molecule has 16 heavy (non-hydrogen) atoms. The lowest BCUT2D eigenvalue weighted by molar-refractivity contribution is 0.400. The zero-order valence-electron chi connectivity index (χ0n) is 11.5. The highest BCUT2D eigenvalue weighted by Gasteiger charge is 2.25. The van der Waals surface area contributed by atoms with Crippen LogP contribution >= 0.6 is 11.8 Å². The zero-order chi connectivity index (χ0) is 12.0. The minimum Gasteiger partial charge on any atom is -0.314 e. The number of hydrogen-bond acceptors (Lipinski definition) is 2. The van der Waals surface area contributed by atoms with Crippen molar-refractivity contribution in [1.29, 1.82) is 0 Å². The molecular formula is C14H29NS. The Labute approximate surface area is 106 Å². The van der Waals surface area contributed by atoms with Crippen molar-refractivity contribution in [3.63, 3.8) is 0 Å². The predicted molar refractivity (Wildman–Crippen MR) is 76.2 cm³/mol. The van der Waals surface area contributed by atoms with E-state index in [9.17, 15) is 0 Å². The second-order valence-corrected chi connectivity index (χ2v) is 6.95. The average Bonchev–Trinajstić information content (AvgIpc) is 2.66. The van der Waals surface area contributed by atoms with Crippen LogP contribution in [0.25, 0.3) is 0 Å². The summed E-state index contributed by atoms with van der Waals surface area (Å²) in [4.78, 5) is 0. The van der Waals surface area contributed by atoms with Gasteiger partial charge >= 0.3 is 0 Å². The van der Waals surface area contributed by atoms with Crippen LogP contribution in [0.5, 0.6) is 0 Å². The fraction of sp³-hybridized carbons (Fsp3) is 1.00. The van der Waals surface area contributed by atoms with Crippen LogP contribution in [0.15, 0.2) is 0 Å². The number of nitrogens with one attached hydrogen (secondary N) is 1. The van der Waals surface area contributed by atoms with Gasteiger partial charge in [0.15, 0.2) is 0 Å². The largest absolute Gasteiger partial charge is 0.314 e. The summed E-state index contributed by atoms with van der Waals surface area (Å²) >= 11 is 2.16. The Bertz CT molecular complexity index is 182. The zero-order valence-corrected chi connectivity index (χ0v) is 12.3. The smallest absolute Gasteiger partial charge is 0.00955 e. The van der Waals surface area contributed by atoms with E-state index in [0.29, 0.717) is 0 Å². The average molecular weight is 243 g/mol. The Hall–Kier alpha value is 0.310. The highest BCUT2D eigenvalue weighted by molar-refractivity contribution is 7.99. The molecule has 0 bridgehead atoms. The fourth-order valence-electron chi connectivity index (χ4n) is 2.51. The molecule has 0 saturated heterocycles. The molecule has 96 valence electrons. The molecule has 0 aromatic carbocycles. The Balaban J connectivity index is 2.16. The van der Waals surface area contributed by atoms with Crippen molar-refractivity contribution < 1.29 is 0 Å². The van der Waals surface area contributed by atoms with Crippen molar-refractivity contribution in [2.45, 2.75) is 64.7 Å². The first-order chi connectivity index (χ1) is 7.65. The van der Waals surface area contributed by atoms with Crippen molar-refractivity contribution in [2.24, 2.45) is 11.8 Å². The number of rotatable bonds is 7. The van der Waals surface area contributed by atoms with Crippen molar-refractivity contribution in [3.8, 4) is 0 Å². The maximum absolute atomic E-state index is 3.65. The molecule has 0 spiro atoms. The van der Waals surface area contributed by atoms with Gasteiger partial charge in [-0.1, -0.05) is 34.1 Å². The van der Waals surface area contributed by atoms with Gasteiger partial charge in [-0.2, -0.15) is 11.8 Å². The molecule has 1 fully saturated rings. The third-order valence-corrected chi connectivity index (χ3v) is 5.48. The molecule has 1 N–H and O–H groups in total. The van der Waals surface area contributed by atoms with Gasteiger partial charge < -0.3 is 5.32 Å². The molecule has 1 saturated carbocycles. The van der Waals surface area contributed by atoms with Gasteiger partial charge in [0.2, 0.25) is 0 Å². The van der Waals surface area contributed by atoms with Gasteiger partial charge in [0.05, 0.1) is 0 Å². The summed E-state index contributed by atoms with van der Waals surface area (Å²) in [5.74, 6) is 3.12. The van der Waals surface area contributed by atoms with Crippen LogP contribution in [-0.2, 0) is 0 Å². The molecule has 2 heteroatoms. The van der Waals surface area contributed by atoms with E-state index in [1.165, 1.54) is 31.4 Å². The van der Waals surface area contributed by atoms with E-state index in [1.807, 2.05) is 0 Å². The van der Waals surface area contributed by atoms with Crippen LogP contribution in [-0.4, -0.2) is 23.6 Å². The van der Waals surface area contributed by atoms with Crippen LogP contribution in [0, 0.1) is 11.8 Å². The monoisotopic (exact) mass is 243 g/mol. The second-order valence-electron chi connectivity index (χ2n) is 5.46. The van der Waals surface area contributed by atoms with Crippen molar-refractivity contribution in [2.75, 3.05) is 12.3 Å². The predicted octanol–water partition coefficient (Wildman–Crippen LogP) is 3.93. The van der Waals surface area contributed by atoms with Crippen molar-refractivity contribution in [1.82, 2.24) is 5.32 Å². The summed E-state index contributed by atoms with van der Waals surface area (Å²) in [5.41, 5.74) is 0. The Morgan fingerprint density at radius 2 is 2.00 bits per heavy atom. The maximum atomic E-state index is 3.65. The molecule has 3 atom stereocenters. The molecule has 0 heterocycles. The van der Waals surface area contributed by atoms with Gasteiger partial charge in [0, 0.05) is 11.3 Å². The van der Waals surface area contributed by atoms with Gasteiger partial charge in [0.1, 0.15) is 0 Å².